The van der Waals surface area contributed by atoms with Crippen molar-refractivity contribution < 1.29 is 4.11 Å². The molecule has 3 heteroatoms. The Balaban J connectivity index is 1.85. The maximum atomic E-state index is 8.68. The average Bonchev–Trinajstić information content (AvgIpc) is 3.15. The molecule has 3 aromatic rings. The van der Waals surface area contributed by atoms with Gasteiger partial charge < -0.3 is 0 Å². The Morgan fingerprint density at radius 1 is 1.12 bits per heavy atom. The van der Waals surface area contributed by atoms with Crippen molar-refractivity contribution in [1.29, 1.82) is 0 Å². The molecule has 0 N–H and O–H groups in total. The molecule has 0 spiro atoms. The molecule has 4 rings (SSSR count). The van der Waals surface area contributed by atoms with Crippen molar-refractivity contribution in [3.8, 4) is 11.3 Å². The lowest BCUT2D eigenvalue weighted by Gasteiger charge is -2.09. The first-order valence-corrected chi connectivity index (χ1v) is 9.51. The summed E-state index contributed by atoms with van der Waals surface area (Å²) in [5, 5.41) is 1.97. The van der Waals surface area contributed by atoms with Crippen LogP contribution in [0, 0.1) is 6.92 Å². The molecular formula is C22H22N2S. The Bertz CT molecular complexity index is 1090. The SMILES string of the molecule is [2H]c1c(C2([2H])CCCC2)cnc(-c2ccccc3ncc(C)cc3sc2)c1[2H]. The van der Waals surface area contributed by atoms with Crippen molar-refractivity contribution in [1.82, 2.24) is 9.97 Å². The summed E-state index contributed by atoms with van der Waals surface area (Å²) in [5.41, 5.74) is 3.86. The maximum Gasteiger partial charge on any atom is 0.0801 e. The summed E-state index contributed by atoms with van der Waals surface area (Å²) in [6.07, 6.45) is 6.99. The fourth-order valence-corrected chi connectivity index (χ4v) is 4.04. The summed E-state index contributed by atoms with van der Waals surface area (Å²) in [6.45, 7) is 2.02. The van der Waals surface area contributed by atoms with Gasteiger partial charge in [0.05, 0.1) is 18.7 Å². The highest BCUT2D eigenvalue weighted by molar-refractivity contribution is 7.16. The predicted octanol–water partition coefficient (Wildman–Crippen LogP) is 6.45. The van der Waals surface area contributed by atoms with E-state index in [4.69, 9.17) is 4.11 Å². The maximum absolute atomic E-state index is 8.68. The van der Waals surface area contributed by atoms with E-state index < -0.39 is 5.89 Å². The molecule has 0 radical (unpaired) electrons. The Kier molecular flexibility index (Phi) is 3.81. The highest BCUT2D eigenvalue weighted by Gasteiger charge is 2.17. The zero-order valence-corrected chi connectivity index (χ0v) is 15.1. The number of aromatic nitrogens is 2. The van der Waals surface area contributed by atoms with Crippen LogP contribution in [0.1, 0.15) is 46.8 Å². The molecule has 1 aliphatic carbocycles. The van der Waals surface area contributed by atoms with Gasteiger partial charge in [-0.15, -0.1) is 11.3 Å². The molecule has 0 bridgehead atoms. The lowest BCUT2D eigenvalue weighted by Crippen LogP contribution is -1.93. The van der Waals surface area contributed by atoms with Crippen LogP contribution in [-0.4, -0.2) is 9.97 Å². The van der Waals surface area contributed by atoms with Crippen molar-refractivity contribution in [2.45, 2.75) is 38.5 Å². The number of hydrogen-bond donors (Lipinski definition) is 0. The van der Waals surface area contributed by atoms with E-state index in [2.05, 4.69) is 16.0 Å². The van der Waals surface area contributed by atoms with Crippen molar-refractivity contribution >= 4 is 21.6 Å². The van der Waals surface area contributed by atoms with Crippen LogP contribution in [0.15, 0.2) is 60.2 Å². The Labute approximate surface area is 157 Å². The lowest BCUT2D eigenvalue weighted by atomic mass is 9.99. The Morgan fingerprint density at radius 3 is 2.84 bits per heavy atom. The largest absolute Gasteiger partial charge is 0.256 e. The predicted molar refractivity (Wildman–Crippen MR) is 106 cm³/mol. The van der Waals surface area contributed by atoms with Gasteiger partial charge in [-0.05, 0) is 55.0 Å². The van der Waals surface area contributed by atoms with Gasteiger partial charge in [0.15, 0.2) is 0 Å². The van der Waals surface area contributed by atoms with Crippen LogP contribution in [-0.2, 0) is 0 Å². The zero-order chi connectivity index (χ0) is 19.7. The molecular weight excluding hydrogens is 324 g/mol. The zero-order valence-electron chi connectivity index (χ0n) is 17.2. The van der Waals surface area contributed by atoms with Crippen LogP contribution in [0.25, 0.3) is 21.5 Å². The van der Waals surface area contributed by atoms with Gasteiger partial charge in [0, 0.05) is 24.7 Å². The van der Waals surface area contributed by atoms with Crippen LogP contribution in [0.4, 0.5) is 0 Å². The van der Waals surface area contributed by atoms with Gasteiger partial charge in [-0.3, -0.25) is 9.97 Å². The average molecular weight is 350 g/mol. The van der Waals surface area contributed by atoms with Gasteiger partial charge >= 0.3 is 0 Å². The number of rotatable bonds is 2. The summed E-state index contributed by atoms with van der Waals surface area (Å²) in [6, 6.07) is 10.0. The van der Waals surface area contributed by atoms with Crippen LogP contribution in [0.3, 0.4) is 0 Å². The minimum atomic E-state index is -0.763. The topological polar surface area (TPSA) is 25.8 Å². The monoisotopic (exact) mass is 349 g/mol. The van der Waals surface area contributed by atoms with E-state index >= 15 is 0 Å². The molecule has 0 saturated heterocycles. The van der Waals surface area contributed by atoms with Gasteiger partial charge in [0.2, 0.25) is 0 Å². The fourth-order valence-electron chi connectivity index (χ4n) is 3.10. The fraction of sp³-hybridized carbons (Fsp3) is 0.273. The normalized spacial score (nSPS) is 17.6. The molecule has 1 saturated carbocycles. The highest BCUT2D eigenvalue weighted by atomic mass is 32.1. The molecule has 3 heterocycles. The first-order valence-electron chi connectivity index (χ1n) is 10.1. The van der Waals surface area contributed by atoms with Crippen LogP contribution in [0.2, 0.25) is 0 Å². The molecule has 0 unspecified atom stereocenters. The minimum Gasteiger partial charge on any atom is -0.256 e. The first-order chi connectivity index (χ1) is 13.5. The van der Waals surface area contributed by atoms with Gasteiger partial charge in [-0.1, -0.05) is 37.1 Å². The number of fused-ring (bicyclic) bond motifs is 1. The molecule has 0 aromatic carbocycles. The standard InChI is InChI=1S/C22H22N2S/c1-16-12-22-21(23-13-16)9-5-4-8-19(15-25-22)20-11-10-18(14-24-20)17-6-2-3-7-17/h4-5,8-15,17H,2-3,6-7H2,1H3/i10D,11D,17D. The number of nitrogens with zero attached hydrogens (tertiary/aromatic N) is 2. The second-order valence-electron chi connectivity index (χ2n) is 6.39. The Hall–Kier alpha value is -2.26. The molecule has 25 heavy (non-hydrogen) atoms. The number of aryl methyl sites for hydroxylation is 1. The van der Waals surface area contributed by atoms with Crippen molar-refractivity contribution in [3.63, 3.8) is 0 Å². The summed E-state index contributed by atoms with van der Waals surface area (Å²) < 4.78 is 26.8. The quantitative estimate of drug-likeness (QED) is 0.531. The summed E-state index contributed by atoms with van der Waals surface area (Å²) in [5.74, 6) is -0.763. The van der Waals surface area contributed by atoms with Crippen molar-refractivity contribution in [2.75, 3.05) is 0 Å². The first kappa shape index (κ1) is 13.0. The molecule has 1 aliphatic rings. The third-order valence-electron chi connectivity index (χ3n) is 4.47. The van der Waals surface area contributed by atoms with E-state index in [1.165, 1.54) is 0 Å². The molecule has 1 fully saturated rings. The van der Waals surface area contributed by atoms with Crippen LogP contribution >= 0.6 is 11.3 Å². The third-order valence-corrected chi connectivity index (χ3v) is 5.42. The number of pyridine rings is 2. The highest BCUT2D eigenvalue weighted by Crippen LogP contribution is 2.34. The second kappa shape index (κ2) is 7.32. The Morgan fingerprint density at radius 2 is 1.96 bits per heavy atom. The molecule has 126 valence electrons. The molecule has 0 atom stereocenters. The van der Waals surface area contributed by atoms with E-state index in [1.807, 2.05) is 42.8 Å². The molecule has 2 nitrogen and oxygen atoms in total. The van der Waals surface area contributed by atoms with Crippen molar-refractivity contribution in [3.05, 3.63) is 71.3 Å². The summed E-state index contributed by atoms with van der Waals surface area (Å²) in [7, 11) is 0. The molecule has 0 amide bonds. The third kappa shape index (κ3) is 3.72. The number of hydrogen-bond acceptors (Lipinski definition) is 3. The van der Waals surface area contributed by atoms with Gasteiger partial charge in [-0.25, -0.2) is 0 Å². The second-order valence-corrected chi connectivity index (χ2v) is 7.30. The van der Waals surface area contributed by atoms with E-state index in [0.717, 1.165) is 47.0 Å². The van der Waals surface area contributed by atoms with Crippen LogP contribution in [0.5, 0.6) is 0 Å². The summed E-state index contributed by atoms with van der Waals surface area (Å²) in [4.78, 5) is 9.01. The van der Waals surface area contributed by atoms with E-state index in [9.17, 15) is 0 Å². The smallest absolute Gasteiger partial charge is 0.0801 e. The van der Waals surface area contributed by atoms with Crippen molar-refractivity contribution in [2.24, 2.45) is 0 Å². The van der Waals surface area contributed by atoms with Gasteiger partial charge in [0.1, 0.15) is 0 Å². The lowest BCUT2D eigenvalue weighted by molar-refractivity contribution is 0.719. The van der Waals surface area contributed by atoms with E-state index in [1.54, 1.807) is 17.5 Å². The van der Waals surface area contributed by atoms with E-state index in [-0.39, 0.29) is 12.1 Å². The minimum absolute atomic E-state index is 0.0957. The summed E-state index contributed by atoms with van der Waals surface area (Å²) >= 11 is 1.55. The van der Waals surface area contributed by atoms with Gasteiger partial charge in [0.25, 0.3) is 0 Å². The van der Waals surface area contributed by atoms with E-state index in [0.29, 0.717) is 11.3 Å². The van der Waals surface area contributed by atoms with Gasteiger partial charge in [-0.2, -0.15) is 0 Å². The molecule has 3 aromatic heterocycles. The van der Waals surface area contributed by atoms with Crippen LogP contribution < -0.4 is 0 Å². The molecule has 0 aliphatic heterocycles.